The summed E-state index contributed by atoms with van der Waals surface area (Å²) < 4.78 is 16.8. The molecule has 2 aliphatic rings. The normalized spacial score (nSPS) is 16.6. The number of anilines is 3. The molecule has 2 aliphatic heterocycles. The molecule has 3 aromatic rings. The molecular formula is C24H27N7O3. The molecule has 10 nitrogen and oxygen atoms in total. The first-order valence-corrected chi connectivity index (χ1v) is 11.4. The highest BCUT2D eigenvalue weighted by atomic mass is 16.5. The highest BCUT2D eigenvalue weighted by molar-refractivity contribution is 5.80. The summed E-state index contributed by atoms with van der Waals surface area (Å²) in [5, 5.41) is 4.34. The van der Waals surface area contributed by atoms with E-state index in [2.05, 4.69) is 30.3 Å². The Labute approximate surface area is 198 Å². The number of nitrogens with one attached hydrogen (secondary N) is 1. The number of rotatable bonds is 7. The first-order valence-electron chi connectivity index (χ1n) is 11.4. The van der Waals surface area contributed by atoms with Gasteiger partial charge in [-0.15, -0.1) is 0 Å². The fraction of sp³-hybridized carbons (Fsp3) is 0.333. The van der Waals surface area contributed by atoms with Crippen LogP contribution in [0.1, 0.15) is 5.56 Å². The SMILES string of the molecule is C(=N\Nc1nc(N2CCOCC2)nc(N2CCOCC2)n1)/c1ccc(Oc2ccccc2)cc1. The highest BCUT2D eigenvalue weighted by Gasteiger charge is 2.20. The Bertz CT molecular complexity index is 1050. The number of morpholine rings is 2. The summed E-state index contributed by atoms with van der Waals surface area (Å²) in [6.45, 7) is 5.60. The van der Waals surface area contributed by atoms with Gasteiger partial charge in [-0.25, -0.2) is 5.43 Å². The molecule has 0 spiro atoms. The smallest absolute Gasteiger partial charge is 0.250 e. The molecule has 1 aromatic heterocycles. The third-order valence-corrected chi connectivity index (χ3v) is 5.44. The molecule has 0 radical (unpaired) electrons. The first kappa shape index (κ1) is 22.1. The van der Waals surface area contributed by atoms with Crippen molar-refractivity contribution in [1.82, 2.24) is 15.0 Å². The average molecular weight is 462 g/mol. The molecule has 3 heterocycles. The van der Waals surface area contributed by atoms with Crippen LogP contribution in [0.3, 0.4) is 0 Å². The van der Waals surface area contributed by atoms with Gasteiger partial charge >= 0.3 is 0 Å². The summed E-state index contributed by atoms with van der Waals surface area (Å²) >= 11 is 0. The molecule has 10 heteroatoms. The number of hydrazone groups is 1. The van der Waals surface area contributed by atoms with Gasteiger partial charge in [-0.3, -0.25) is 0 Å². The number of benzene rings is 2. The molecule has 0 unspecified atom stereocenters. The molecule has 0 amide bonds. The molecule has 0 bridgehead atoms. The molecule has 5 rings (SSSR count). The predicted octanol–water partition coefficient (Wildman–Crippen LogP) is 2.78. The van der Waals surface area contributed by atoms with Crippen LogP contribution in [0.4, 0.5) is 17.8 Å². The van der Waals surface area contributed by atoms with Gasteiger partial charge in [0.1, 0.15) is 11.5 Å². The maximum atomic E-state index is 5.83. The van der Waals surface area contributed by atoms with Crippen molar-refractivity contribution in [3.63, 3.8) is 0 Å². The molecule has 2 saturated heterocycles. The molecular weight excluding hydrogens is 434 g/mol. The Morgan fingerprint density at radius 3 is 1.88 bits per heavy atom. The fourth-order valence-corrected chi connectivity index (χ4v) is 3.62. The largest absolute Gasteiger partial charge is 0.457 e. The van der Waals surface area contributed by atoms with Gasteiger partial charge in [0, 0.05) is 26.2 Å². The van der Waals surface area contributed by atoms with Crippen LogP contribution in [0, 0.1) is 0 Å². The van der Waals surface area contributed by atoms with Crippen LogP contribution in [0.15, 0.2) is 59.7 Å². The molecule has 1 N–H and O–H groups in total. The van der Waals surface area contributed by atoms with Gasteiger partial charge in [-0.05, 0) is 42.0 Å². The summed E-state index contributed by atoms with van der Waals surface area (Å²) in [6, 6.07) is 17.4. The van der Waals surface area contributed by atoms with Gasteiger partial charge in [-0.1, -0.05) is 18.2 Å². The van der Waals surface area contributed by atoms with E-state index in [-0.39, 0.29) is 0 Å². The lowest BCUT2D eigenvalue weighted by Gasteiger charge is -2.30. The molecule has 0 saturated carbocycles. The number of ether oxygens (including phenoxy) is 3. The molecule has 2 fully saturated rings. The third kappa shape index (κ3) is 5.77. The average Bonchev–Trinajstić information content (AvgIpc) is 2.91. The first-order chi connectivity index (χ1) is 16.8. The van der Waals surface area contributed by atoms with E-state index in [9.17, 15) is 0 Å². The predicted molar refractivity (Wildman–Crippen MR) is 130 cm³/mol. The zero-order valence-corrected chi connectivity index (χ0v) is 18.8. The van der Waals surface area contributed by atoms with Crippen molar-refractivity contribution in [2.45, 2.75) is 0 Å². The van der Waals surface area contributed by atoms with Gasteiger partial charge < -0.3 is 24.0 Å². The number of hydrogen-bond donors (Lipinski definition) is 1. The van der Waals surface area contributed by atoms with Crippen LogP contribution in [0.2, 0.25) is 0 Å². The minimum Gasteiger partial charge on any atom is -0.457 e. The van der Waals surface area contributed by atoms with E-state index in [1.54, 1.807) is 6.21 Å². The van der Waals surface area contributed by atoms with Crippen molar-refractivity contribution in [1.29, 1.82) is 0 Å². The van der Waals surface area contributed by atoms with Gasteiger partial charge in [0.15, 0.2) is 0 Å². The van der Waals surface area contributed by atoms with Crippen molar-refractivity contribution in [3.05, 3.63) is 60.2 Å². The Hall–Kier alpha value is -3.76. The number of hydrogen-bond acceptors (Lipinski definition) is 10. The fourth-order valence-electron chi connectivity index (χ4n) is 3.62. The van der Waals surface area contributed by atoms with E-state index < -0.39 is 0 Å². The number of para-hydroxylation sites is 1. The van der Waals surface area contributed by atoms with Crippen LogP contribution in [0.25, 0.3) is 0 Å². The van der Waals surface area contributed by atoms with Gasteiger partial charge in [-0.2, -0.15) is 20.1 Å². The summed E-state index contributed by atoms with van der Waals surface area (Å²) in [6.07, 6.45) is 1.72. The molecule has 34 heavy (non-hydrogen) atoms. The van der Waals surface area contributed by atoms with Crippen molar-refractivity contribution < 1.29 is 14.2 Å². The standard InChI is InChI=1S/C24H27N7O3/c1-2-4-20(5-3-1)34-21-8-6-19(7-9-21)18-25-29-22-26-23(30-10-14-32-15-11-30)28-24(27-22)31-12-16-33-17-13-31/h1-9,18H,10-17H2,(H,26,27,28,29)/b25-18+. The third-order valence-electron chi connectivity index (χ3n) is 5.44. The van der Waals surface area contributed by atoms with Gasteiger partial charge in [0.25, 0.3) is 0 Å². The van der Waals surface area contributed by atoms with E-state index in [0.717, 1.165) is 43.2 Å². The lowest BCUT2D eigenvalue weighted by atomic mass is 10.2. The van der Waals surface area contributed by atoms with Crippen LogP contribution in [-0.2, 0) is 9.47 Å². The lowest BCUT2D eigenvalue weighted by Crippen LogP contribution is -2.40. The topological polar surface area (TPSA) is 97.2 Å². The lowest BCUT2D eigenvalue weighted by molar-refractivity contribution is 0.121. The number of nitrogens with zero attached hydrogens (tertiary/aromatic N) is 6. The van der Waals surface area contributed by atoms with Crippen molar-refractivity contribution in [2.24, 2.45) is 5.10 Å². The van der Waals surface area contributed by atoms with Gasteiger partial charge in [0.05, 0.1) is 32.6 Å². The number of aromatic nitrogens is 3. The molecule has 0 aliphatic carbocycles. The minimum absolute atomic E-state index is 0.401. The van der Waals surface area contributed by atoms with Crippen LogP contribution in [0.5, 0.6) is 11.5 Å². The van der Waals surface area contributed by atoms with E-state index in [1.165, 1.54) is 0 Å². The van der Waals surface area contributed by atoms with Crippen LogP contribution in [-0.4, -0.2) is 73.8 Å². The van der Waals surface area contributed by atoms with E-state index >= 15 is 0 Å². The highest BCUT2D eigenvalue weighted by Crippen LogP contribution is 2.21. The summed E-state index contributed by atoms with van der Waals surface area (Å²) in [5.74, 6) is 3.21. The molecule has 0 atom stereocenters. The monoisotopic (exact) mass is 461 g/mol. The molecule has 2 aromatic carbocycles. The van der Waals surface area contributed by atoms with Crippen molar-refractivity contribution in [2.75, 3.05) is 67.8 Å². The summed E-state index contributed by atoms with van der Waals surface area (Å²) in [4.78, 5) is 18.1. The van der Waals surface area contributed by atoms with E-state index in [0.29, 0.717) is 44.3 Å². The van der Waals surface area contributed by atoms with Crippen LogP contribution >= 0.6 is 0 Å². The Morgan fingerprint density at radius 1 is 0.735 bits per heavy atom. The van der Waals surface area contributed by atoms with Crippen molar-refractivity contribution >= 4 is 24.1 Å². The second-order valence-corrected chi connectivity index (χ2v) is 7.81. The van der Waals surface area contributed by atoms with Crippen molar-refractivity contribution in [3.8, 4) is 11.5 Å². The van der Waals surface area contributed by atoms with Crippen LogP contribution < -0.4 is 20.0 Å². The maximum absolute atomic E-state index is 5.83. The zero-order valence-electron chi connectivity index (χ0n) is 18.8. The Morgan fingerprint density at radius 2 is 1.29 bits per heavy atom. The maximum Gasteiger partial charge on any atom is 0.250 e. The Balaban J connectivity index is 1.28. The summed E-state index contributed by atoms with van der Waals surface area (Å²) in [5.41, 5.74) is 3.89. The molecule has 176 valence electrons. The zero-order chi connectivity index (χ0) is 23.0. The second kappa shape index (κ2) is 10.9. The van der Waals surface area contributed by atoms with E-state index in [1.807, 2.05) is 54.6 Å². The minimum atomic E-state index is 0.401. The Kier molecular flexibility index (Phi) is 7.07. The quantitative estimate of drug-likeness (QED) is 0.421. The van der Waals surface area contributed by atoms with E-state index in [4.69, 9.17) is 19.2 Å². The van der Waals surface area contributed by atoms with Gasteiger partial charge in [0.2, 0.25) is 17.8 Å². The second-order valence-electron chi connectivity index (χ2n) is 7.81. The summed E-state index contributed by atoms with van der Waals surface area (Å²) in [7, 11) is 0.